The Morgan fingerprint density at radius 3 is 2.24 bits per heavy atom. The molecule has 92 valence electrons. The summed E-state index contributed by atoms with van der Waals surface area (Å²) in [5.74, 6) is 0.139. The summed E-state index contributed by atoms with van der Waals surface area (Å²) in [6, 6.07) is 7.72. The van der Waals surface area contributed by atoms with Gasteiger partial charge in [-0.25, -0.2) is 4.79 Å². The molecular formula is C15H20O2. The van der Waals surface area contributed by atoms with Crippen molar-refractivity contribution in [3.05, 3.63) is 42.5 Å². The molecule has 2 heteroatoms. The van der Waals surface area contributed by atoms with Gasteiger partial charge in [0.1, 0.15) is 5.75 Å². The van der Waals surface area contributed by atoms with Gasteiger partial charge in [-0.3, -0.25) is 0 Å². The van der Waals surface area contributed by atoms with Crippen LogP contribution in [0.2, 0.25) is 0 Å². The average molecular weight is 232 g/mol. The van der Waals surface area contributed by atoms with Gasteiger partial charge >= 0.3 is 5.97 Å². The highest BCUT2D eigenvalue weighted by Gasteiger charge is 2.21. The number of esters is 1. The van der Waals surface area contributed by atoms with E-state index in [1.54, 1.807) is 0 Å². The van der Waals surface area contributed by atoms with Gasteiger partial charge in [0.25, 0.3) is 0 Å². The monoisotopic (exact) mass is 232 g/mol. The summed E-state index contributed by atoms with van der Waals surface area (Å²) in [5, 5.41) is 0. The standard InChI is InChI=1S/C15H20O2/c1-5-14(16)17-13-10-8-12(9-11-13)15(4,6-2)7-3/h5,8-11H,1,6-7H2,2-4H3. The maximum absolute atomic E-state index is 11.0. The predicted molar refractivity (Wildman–Crippen MR) is 70.2 cm³/mol. The Kier molecular flexibility index (Phi) is 4.50. The van der Waals surface area contributed by atoms with Gasteiger partial charge in [-0.2, -0.15) is 0 Å². The summed E-state index contributed by atoms with van der Waals surface area (Å²) in [7, 11) is 0. The van der Waals surface area contributed by atoms with Crippen LogP contribution >= 0.6 is 0 Å². The second-order valence-corrected chi connectivity index (χ2v) is 4.42. The van der Waals surface area contributed by atoms with E-state index in [1.165, 1.54) is 5.56 Å². The SMILES string of the molecule is C=CC(=O)Oc1ccc(C(C)(CC)CC)cc1. The molecule has 1 aromatic rings. The number of carbonyl (C=O) groups is 1. The van der Waals surface area contributed by atoms with Crippen molar-refractivity contribution < 1.29 is 9.53 Å². The largest absolute Gasteiger partial charge is 0.423 e. The van der Waals surface area contributed by atoms with E-state index in [4.69, 9.17) is 4.74 Å². The van der Waals surface area contributed by atoms with Crippen molar-refractivity contribution in [2.24, 2.45) is 0 Å². The van der Waals surface area contributed by atoms with E-state index in [0.717, 1.165) is 18.9 Å². The normalized spacial score (nSPS) is 11.0. The third-order valence-electron chi connectivity index (χ3n) is 3.50. The predicted octanol–water partition coefficient (Wildman–Crippen LogP) is 3.86. The lowest BCUT2D eigenvalue weighted by molar-refractivity contribution is -0.128. The first-order valence-electron chi connectivity index (χ1n) is 6.00. The Morgan fingerprint density at radius 1 is 1.29 bits per heavy atom. The molecule has 1 rings (SSSR count). The van der Waals surface area contributed by atoms with Crippen LogP contribution in [0, 0.1) is 0 Å². The van der Waals surface area contributed by atoms with Crippen molar-refractivity contribution in [1.82, 2.24) is 0 Å². The van der Waals surface area contributed by atoms with E-state index in [-0.39, 0.29) is 5.41 Å². The van der Waals surface area contributed by atoms with Crippen LogP contribution in [0.3, 0.4) is 0 Å². The highest BCUT2D eigenvalue weighted by atomic mass is 16.5. The molecular weight excluding hydrogens is 212 g/mol. The highest BCUT2D eigenvalue weighted by molar-refractivity contribution is 5.83. The molecule has 0 unspecified atom stereocenters. The number of ether oxygens (including phenoxy) is 1. The van der Waals surface area contributed by atoms with E-state index >= 15 is 0 Å². The van der Waals surface area contributed by atoms with Crippen LogP contribution in [0.25, 0.3) is 0 Å². The molecule has 0 aliphatic carbocycles. The summed E-state index contributed by atoms with van der Waals surface area (Å²) in [6.45, 7) is 9.99. The third-order valence-corrected chi connectivity index (χ3v) is 3.50. The highest BCUT2D eigenvalue weighted by Crippen LogP contribution is 2.31. The molecule has 0 heterocycles. The topological polar surface area (TPSA) is 26.3 Å². The van der Waals surface area contributed by atoms with E-state index < -0.39 is 5.97 Å². The van der Waals surface area contributed by atoms with Crippen molar-refractivity contribution in [3.63, 3.8) is 0 Å². The molecule has 17 heavy (non-hydrogen) atoms. The third kappa shape index (κ3) is 3.19. The molecule has 2 nitrogen and oxygen atoms in total. The van der Waals surface area contributed by atoms with E-state index in [9.17, 15) is 4.79 Å². The summed E-state index contributed by atoms with van der Waals surface area (Å²) < 4.78 is 5.04. The van der Waals surface area contributed by atoms with Crippen LogP contribution < -0.4 is 4.74 Å². The Morgan fingerprint density at radius 2 is 1.82 bits per heavy atom. The van der Waals surface area contributed by atoms with Gasteiger partial charge in [0.05, 0.1) is 0 Å². The number of hydrogen-bond donors (Lipinski definition) is 0. The van der Waals surface area contributed by atoms with Crippen molar-refractivity contribution >= 4 is 5.97 Å². The molecule has 0 bridgehead atoms. The molecule has 0 atom stereocenters. The lowest BCUT2D eigenvalue weighted by atomic mass is 9.78. The maximum atomic E-state index is 11.0. The second-order valence-electron chi connectivity index (χ2n) is 4.42. The summed E-state index contributed by atoms with van der Waals surface area (Å²) in [6.07, 6.45) is 3.35. The molecule has 0 aliphatic rings. The Labute approximate surface area is 103 Å². The minimum absolute atomic E-state index is 0.195. The maximum Gasteiger partial charge on any atom is 0.335 e. The zero-order chi connectivity index (χ0) is 12.9. The number of rotatable bonds is 5. The fraction of sp³-hybridized carbons (Fsp3) is 0.400. The van der Waals surface area contributed by atoms with Gasteiger partial charge in [0.2, 0.25) is 0 Å². The molecule has 0 amide bonds. The van der Waals surface area contributed by atoms with Crippen molar-refractivity contribution in [1.29, 1.82) is 0 Å². The molecule has 0 aliphatic heterocycles. The lowest BCUT2D eigenvalue weighted by Gasteiger charge is -2.27. The minimum Gasteiger partial charge on any atom is -0.423 e. The van der Waals surface area contributed by atoms with Crippen LogP contribution in [0.5, 0.6) is 5.75 Å². The Hall–Kier alpha value is -1.57. The fourth-order valence-electron chi connectivity index (χ4n) is 1.74. The zero-order valence-corrected chi connectivity index (χ0v) is 10.8. The fourth-order valence-corrected chi connectivity index (χ4v) is 1.74. The van der Waals surface area contributed by atoms with Crippen LogP contribution in [-0.4, -0.2) is 5.97 Å². The van der Waals surface area contributed by atoms with Crippen LogP contribution in [0.4, 0.5) is 0 Å². The quantitative estimate of drug-likeness (QED) is 0.438. The van der Waals surface area contributed by atoms with Gasteiger partial charge in [-0.15, -0.1) is 0 Å². The number of benzene rings is 1. The van der Waals surface area contributed by atoms with Gasteiger partial charge in [-0.1, -0.05) is 39.5 Å². The van der Waals surface area contributed by atoms with Crippen molar-refractivity contribution in [2.45, 2.75) is 39.0 Å². The summed E-state index contributed by atoms with van der Waals surface area (Å²) in [4.78, 5) is 11.0. The molecule has 0 saturated carbocycles. The smallest absolute Gasteiger partial charge is 0.335 e. The average Bonchev–Trinajstić information content (AvgIpc) is 2.38. The second kappa shape index (κ2) is 5.67. The van der Waals surface area contributed by atoms with Gasteiger partial charge < -0.3 is 4.74 Å². The molecule has 0 radical (unpaired) electrons. The first kappa shape index (κ1) is 13.5. The van der Waals surface area contributed by atoms with Crippen LogP contribution in [0.1, 0.15) is 39.2 Å². The number of carbonyl (C=O) groups excluding carboxylic acids is 1. The van der Waals surface area contributed by atoms with E-state index in [2.05, 4.69) is 27.4 Å². The molecule has 0 saturated heterocycles. The number of hydrogen-bond acceptors (Lipinski definition) is 2. The zero-order valence-electron chi connectivity index (χ0n) is 10.8. The molecule has 1 aromatic carbocycles. The summed E-state index contributed by atoms with van der Waals surface area (Å²) in [5.41, 5.74) is 1.47. The van der Waals surface area contributed by atoms with Crippen LogP contribution in [0.15, 0.2) is 36.9 Å². The Bertz CT molecular complexity index is 386. The van der Waals surface area contributed by atoms with Gasteiger partial charge in [0.15, 0.2) is 0 Å². The van der Waals surface area contributed by atoms with E-state index in [1.807, 2.05) is 24.3 Å². The van der Waals surface area contributed by atoms with E-state index in [0.29, 0.717) is 5.75 Å². The molecule has 0 fully saturated rings. The summed E-state index contributed by atoms with van der Waals surface area (Å²) >= 11 is 0. The minimum atomic E-state index is -0.425. The molecule has 0 spiro atoms. The van der Waals surface area contributed by atoms with Crippen LogP contribution in [-0.2, 0) is 10.2 Å². The molecule has 0 aromatic heterocycles. The van der Waals surface area contributed by atoms with Crippen molar-refractivity contribution in [3.8, 4) is 5.75 Å². The molecule has 0 N–H and O–H groups in total. The first-order valence-corrected chi connectivity index (χ1v) is 6.00. The van der Waals surface area contributed by atoms with Crippen molar-refractivity contribution in [2.75, 3.05) is 0 Å². The lowest BCUT2D eigenvalue weighted by Crippen LogP contribution is -2.19. The van der Waals surface area contributed by atoms with Gasteiger partial charge in [0, 0.05) is 6.08 Å². The van der Waals surface area contributed by atoms with Gasteiger partial charge in [-0.05, 0) is 36.0 Å². The first-order chi connectivity index (χ1) is 8.05. The Balaban J connectivity index is 2.87.